The van der Waals surface area contributed by atoms with Crippen molar-refractivity contribution in [3.8, 4) is 0 Å². The number of imidazole rings is 1. The fraction of sp³-hybridized carbons (Fsp3) is 0.385. The predicted octanol–water partition coefficient (Wildman–Crippen LogP) is 2.94. The Labute approximate surface area is 124 Å². The first kappa shape index (κ1) is 13.6. The highest BCUT2D eigenvalue weighted by molar-refractivity contribution is 7.99. The second-order valence-corrected chi connectivity index (χ2v) is 6.45. The summed E-state index contributed by atoms with van der Waals surface area (Å²) in [6, 6.07) is 2.82. The summed E-state index contributed by atoms with van der Waals surface area (Å²) in [5, 5.41) is 0. The second-order valence-electron chi connectivity index (χ2n) is 4.89. The van der Waals surface area contributed by atoms with Gasteiger partial charge in [-0.15, -0.1) is 0 Å². The van der Waals surface area contributed by atoms with Gasteiger partial charge in [0.05, 0.1) is 16.6 Å². The first-order chi connectivity index (χ1) is 9.56. The maximum absolute atomic E-state index is 13.7. The number of amides is 1. The molecule has 4 nitrogen and oxygen atoms in total. The molecule has 1 fully saturated rings. The van der Waals surface area contributed by atoms with Crippen LogP contribution < -0.4 is 0 Å². The molecule has 3 rings (SSSR count). The van der Waals surface area contributed by atoms with Gasteiger partial charge in [0.2, 0.25) is 0 Å². The normalized spacial score (nSPS) is 18.6. The molecule has 1 amide bonds. The molecule has 1 saturated heterocycles. The number of fused-ring (bicyclic) bond motifs is 1. The number of rotatable bonds is 2. The van der Waals surface area contributed by atoms with Gasteiger partial charge in [0.15, 0.2) is 4.77 Å². The van der Waals surface area contributed by atoms with Crippen molar-refractivity contribution < 1.29 is 9.18 Å². The molecule has 0 unspecified atom stereocenters. The Hall–Kier alpha value is -1.34. The van der Waals surface area contributed by atoms with Crippen LogP contribution in [0.4, 0.5) is 4.39 Å². The van der Waals surface area contributed by atoms with Crippen LogP contribution in [0.2, 0.25) is 0 Å². The van der Waals surface area contributed by atoms with Gasteiger partial charge in [-0.3, -0.25) is 4.79 Å². The number of hydrogen-bond acceptors (Lipinski definition) is 3. The van der Waals surface area contributed by atoms with Gasteiger partial charge < -0.3 is 14.9 Å². The van der Waals surface area contributed by atoms with Crippen molar-refractivity contribution in [2.75, 3.05) is 18.6 Å². The molecule has 2 aromatic rings. The van der Waals surface area contributed by atoms with Crippen LogP contribution in [0.1, 0.15) is 16.8 Å². The zero-order chi connectivity index (χ0) is 14.3. The lowest BCUT2D eigenvalue weighted by molar-refractivity contribution is 0.0749. The summed E-state index contributed by atoms with van der Waals surface area (Å²) in [6.45, 7) is 0. The molecule has 1 atom stereocenters. The average molecular weight is 311 g/mol. The third-order valence-electron chi connectivity index (χ3n) is 3.59. The fourth-order valence-corrected chi connectivity index (χ4v) is 3.94. The van der Waals surface area contributed by atoms with Crippen molar-refractivity contribution in [2.24, 2.45) is 0 Å². The van der Waals surface area contributed by atoms with Gasteiger partial charge in [-0.25, -0.2) is 4.39 Å². The van der Waals surface area contributed by atoms with Crippen molar-refractivity contribution in [1.29, 1.82) is 0 Å². The molecule has 2 N–H and O–H groups in total. The van der Waals surface area contributed by atoms with E-state index in [1.165, 1.54) is 12.1 Å². The number of hydrogen-bond donors (Lipinski definition) is 2. The fourth-order valence-electron chi connectivity index (χ4n) is 2.46. The molecule has 7 heteroatoms. The van der Waals surface area contributed by atoms with Crippen LogP contribution in [0.15, 0.2) is 12.1 Å². The van der Waals surface area contributed by atoms with Gasteiger partial charge in [-0.05, 0) is 36.5 Å². The Balaban J connectivity index is 2.04. The molecule has 1 aromatic heterocycles. The number of benzene rings is 1. The van der Waals surface area contributed by atoms with Crippen molar-refractivity contribution in [2.45, 2.75) is 12.5 Å². The molecule has 0 spiro atoms. The Kier molecular flexibility index (Phi) is 3.55. The van der Waals surface area contributed by atoms with Crippen LogP contribution in [-0.4, -0.2) is 45.4 Å². The molecular formula is C13H14FN3OS2. The van der Waals surface area contributed by atoms with E-state index in [1.807, 2.05) is 11.8 Å². The molecule has 1 aliphatic heterocycles. The number of carbonyl (C=O) groups excluding carboxylic acids is 1. The highest BCUT2D eigenvalue weighted by atomic mass is 32.2. The van der Waals surface area contributed by atoms with Gasteiger partial charge in [0.25, 0.3) is 5.91 Å². The first-order valence-corrected chi connectivity index (χ1v) is 7.89. The monoisotopic (exact) mass is 311 g/mol. The number of aromatic amines is 2. The maximum Gasteiger partial charge on any atom is 0.256 e. The number of carbonyl (C=O) groups is 1. The standard InChI is InChI=1S/C13H14FN3OS2/c1-17(8-2-3-20-6-8)12(18)9-4-7(14)5-10-11(9)16-13(19)15-10/h4-5,8H,2-3,6H2,1H3,(H2,15,16,19)/t8-/m0/s1. The topological polar surface area (TPSA) is 51.9 Å². The van der Waals surface area contributed by atoms with E-state index < -0.39 is 5.82 Å². The molecule has 20 heavy (non-hydrogen) atoms. The average Bonchev–Trinajstić information content (AvgIpc) is 3.04. The molecule has 2 heterocycles. The predicted molar refractivity (Wildman–Crippen MR) is 81.3 cm³/mol. The minimum Gasteiger partial charge on any atom is -0.338 e. The second kappa shape index (κ2) is 5.21. The minimum atomic E-state index is -0.444. The largest absolute Gasteiger partial charge is 0.338 e. The lowest BCUT2D eigenvalue weighted by atomic mass is 10.1. The molecule has 0 aliphatic carbocycles. The van der Waals surface area contributed by atoms with E-state index in [4.69, 9.17) is 12.2 Å². The van der Waals surface area contributed by atoms with E-state index in [-0.39, 0.29) is 11.9 Å². The Bertz CT molecular complexity index is 718. The van der Waals surface area contributed by atoms with E-state index >= 15 is 0 Å². The summed E-state index contributed by atoms with van der Waals surface area (Å²) < 4.78 is 14.1. The summed E-state index contributed by atoms with van der Waals surface area (Å²) in [7, 11) is 1.77. The SMILES string of the molecule is CN(C(=O)c1cc(F)cc2[nH]c(=S)[nH]c12)[C@H]1CCSC1. The summed E-state index contributed by atoms with van der Waals surface area (Å²) >= 11 is 6.85. The lowest BCUT2D eigenvalue weighted by Gasteiger charge is -2.24. The molecule has 1 aromatic carbocycles. The summed E-state index contributed by atoms with van der Waals surface area (Å²) in [5.41, 5.74) is 1.41. The van der Waals surface area contributed by atoms with Crippen molar-refractivity contribution in [3.05, 3.63) is 28.3 Å². The summed E-state index contributed by atoms with van der Waals surface area (Å²) in [6.07, 6.45) is 0.981. The van der Waals surface area contributed by atoms with Gasteiger partial charge >= 0.3 is 0 Å². The van der Waals surface area contributed by atoms with Crippen LogP contribution in [0.25, 0.3) is 11.0 Å². The van der Waals surface area contributed by atoms with Crippen LogP contribution in [0.3, 0.4) is 0 Å². The van der Waals surface area contributed by atoms with Crippen molar-refractivity contribution >= 4 is 40.9 Å². The Morgan fingerprint density at radius 3 is 3.00 bits per heavy atom. The lowest BCUT2D eigenvalue weighted by Crippen LogP contribution is -2.37. The van der Waals surface area contributed by atoms with E-state index in [2.05, 4.69) is 9.97 Å². The highest BCUT2D eigenvalue weighted by Crippen LogP contribution is 2.25. The molecular weight excluding hydrogens is 297 g/mol. The zero-order valence-electron chi connectivity index (χ0n) is 10.9. The van der Waals surface area contributed by atoms with Crippen LogP contribution in [-0.2, 0) is 0 Å². The van der Waals surface area contributed by atoms with Crippen LogP contribution in [0, 0.1) is 10.6 Å². The third-order valence-corrected chi connectivity index (χ3v) is 4.94. The van der Waals surface area contributed by atoms with E-state index in [0.29, 0.717) is 21.4 Å². The number of halogens is 1. The van der Waals surface area contributed by atoms with Gasteiger partial charge in [-0.1, -0.05) is 0 Å². The third kappa shape index (κ3) is 2.35. The Morgan fingerprint density at radius 1 is 1.50 bits per heavy atom. The van der Waals surface area contributed by atoms with E-state index in [0.717, 1.165) is 17.9 Å². The van der Waals surface area contributed by atoms with Crippen molar-refractivity contribution in [3.63, 3.8) is 0 Å². The summed E-state index contributed by atoms with van der Waals surface area (Å²) in [4.78, 5) is 20.1. The quantitative estimate of drug-likeness (QED) is 0.839. The Morgan fingerprint density at radius 2 is 2.30 bits per heavy atom. The highest BCUT2D eigenvalue weighted by Gasteiger charge is 2.26. The zero-order valence-corrected chi connectivity index (χ0v) is 12.5. The van der Waals surface area contributed by atoms with E-state index in [9.17, 15) is 9.18 Å². The maximum atomic E-state index is 13.7. The number of aromatic nitrogens is 2. The van der Waals surface area contributed by atoms with E-state index in [1.54, 1.807) is 11.9 Å². The summed E-state index contributed by atoms with van der Waals surface area (Å²) in [5.74, 6) is 1.38. The number of nitrogens with one attached hydrogen (secondary N) is 2. The number of nitrogens with zero attached hydrogens (tertiary/aromatic N) is 1. The van der Waals surface area contributed by atoms with Gasteiger partial charge in [-0.2, -0.15) is 11.8 Å². The molecule has 0 saturated carbocycles. The number of H-pyrrole nitrogens is 2. The molecule has 1 aliphatic rings. The smallest absolute Gasteiger partial charge is 0.256 e. The molecule has 106 valence electrons. The first-order valence-electron chi connectivity index (χ1n) is 6.32. The van der Waals surface area contributed by atoms with Crippen LogP contribution >= 0.6 is 24.0 Å². The molecule has 0 bridgehead atoms. The van der Waals surface area contributed by atoms with Gasteiger partial charge in [0, 0.05) is 18.8 Å². The van der Waals surface area contributed by atoms with Gasteiger partial charge in [0.1, 0.15) is 5.82 Å². The van der Waals surface area contributed by atoms with Crippen molar-refractivity contribution in [1.82, 2.24) is 14.9 Å². The number of thioether (sulfide) groups is 1. The molecule has 0 radical (unpaired) electrons. The minimum absolute atomic E-state index is 0.174. The van der Waals surface area contributed by atoms with Crippen LogP contribution in [0.5, 0.6) is 0 Å².